The van der Waals surface area contributed by atoms with Gasteiger partial charge < -0.3 is 0 Å². The second-order valence-corrected chi connectivity index (χ2v) is 6.36. The highest BCUT2D eigenvalue weighted by Gasteiger charge is 2.10. The van der Waals surface area contributed by atoms with Gasteiger partial charge in [0.05, 0.1) is 5.69 Å². The lowest BCUT2D eigenvalue weighted by Gasteiger charge is -2.14. The van der Waals surface area contributed by atoms with Crippen LogP contribution < -0.4 is 0 Å². The molecule has 3 aromatic carbocycles. The van der Waals surface area contributed by atoms with E-state index in [9.17, 15) is 0 Å². The summed E-state index contributed by atoms with van der Waals surface area (Å²) in [5.74, 6) is -0.846. The van der Waals surface area contributed by atoms with Crippen molar-refractivity contribution in [2.45, 2.75) is 12.8 Å². The Bertz CT molecular complexity index is 1020. The van der Waals surface area contributed by atoms with Gasteiger partial charge in [0.25, 0.3) is 0 Å². The molecule has 4 aromatic rings. The predicted molar refractivity (Wildman–Crippen MR) is 109 cm³/mol. The van der Waals surface area contributed by atoms with E-state index in [1.807, 2.05) is 67.6 Å². The molecule has 126 valence electrons. The molecule has 26 heavy (non-hydrogen) atoms. The van der Waals surface area contributed by atoms with E-state index in [4.69, 9.17) is 1.37 Å². The van der Waals surface area contributed by atoms with Gasteiger partial charge in [0.1, 0.15) is 0 Å². The molecule has 0 aliphatic rings. The molecule has 1 unspecified atom stereocenters. The zero-order valence-electron chi connectivity index (χ0n) is 15.8. The van der Waals surface area contributed by atoms with E-state index in [0.29, 0.717) is 0 Å². The minimum absolute atomic E-state index is 0.846. The van der Waals surface area contributed by atoms with E-state index in [0.717, 1.165) is 27.9 Å². The minimum Gasteiger partial charge on any atom is -0.256 e. The highest BCUT2D eigenvalue weighted by molar-refractivity contribution is 5.64. The first-order valence-electron chi connectivity index (χ1n) is 9.32. The monoisotopic (exact) mass is 336 g/mol. The van der Waals surface area contributed by atoms with Crippen LogP contribution >= 0.6 is 0 Å². The van der Waals surface area contributed by atoms with Crippen LogP contribution in [-0.4, -0.2) is 4.98 Å². The molecule has 0 spiro atoms. The van der Waals surface area contributed by atoms with Gasteiger partial charge in [-0.25, -0.2) is 0 Å². The molecular weight excluding hydrogens is 314 g/mol. The van der Waals surface area contributed by atoms with Crippen LogP contribution in [0.2, 0.25) is 0 Å². The average Bonchev–Trinajstić information content (AvgIpc) is 2.75. The number of benzene rings is 3. The Morgan fingerprint density at radius 3 is 1.88 bits per heavy atom. The maximum absolute atomic E-state index is 9.01. The SMILES string of the molecule is [2H]C(C)(c1ccc(-c2ccccc2)cc1)c1ccnc(-c2ccccc2)c1. The van der Waals surface area contributed by atoms with Crippen molar-refractivity contribution in [1.82, 2.24) is 4.98 Å². The van der Waals surface area contributed by atoms with Gasteiger partial charge >= 0.3 is 0 Å². The van der Waals surface area contributed by atoms with Gasteiger partial charge in [0, 0.05) is 19.0 Å². The van der Waals surface area contributed by atoms with Gasteiger partial charge in [-0.3, -0.25) is 4.98 Å². The third-order valence-corrected chi connectivity index (χ3v) is 4.69. The zero-order chi connectivity index (χ0) is 18.7. The van der Waals surface area contributed by atoms with Gasteiger partial charge in [0.2, 0.25) is 0 Å². The normalized spacial score (nSPS) is 13.7. The smallest absolute Gasteiger partial charge is 0.0704 e. The predicted octanol–water partition coefficient (Wildman–Crippen LogP) is 6.57. The van der Waals surface area contributed by atoms with Crippen molar-refractivity contribution >= 4 is 0 Å². The number of rotatable bonds is 4. The summed E-state index contributed by atoms with van der Waals surface area (Å²) in [6.07, 6.45) is 1.79. The lowest BCUT2D eigenvalue weighted by molar-refractivity contribution is 0.918. The molecule has 0 bridgehead atoms. The Labute approximate surface area is 156 Å². The summed E-state index contributed by atoms with van der Waals surface area (Å²) in [6, 6.07) is 32.7. The average molecular weight is 336 g/mol. The van der Waals surface area contributed by atoms with Gasteiger partial charge in [-0.05, 0) is 34.4 Å². The molecule has 1 aromatic heterocycles. The summed E-state index contributed by atoms with van der Waals surface area (Å²) < 4.78 is 9.01. The van der Waals surface area contributed by atoms with Gasteiger partial charge in [-0.1, -0.05) is 91.9 Å². The fourth-order valence-electron chi connectivity index (χ4n) is 3.14. The fraction of sp³-hybridized carbons (Fsp3) is 0.0800. The van der Waals surface area contributed by atoms with Crippen LogP contribution in [-0.2, 0) is 0 Å². The van der Waals surface area contributed by atoms with Crippen molar-refractivity contribution in [3.63, 3.8) is 0 Å². The Hall–Kier alpha value is -3.19. The topological polar surface area (TPSA) is 12.9 Å². The molecule has 0 aliphatic heterocycles. The molecule has 1 atom stereocenters. The second-order valence-electron chi connectivity index (χ2n) is 6.36. The highest BCUT2D eigenvalue weighted by atomic mass is 14.7. The van der Waals surface area contributed by atoms with Crippen molar-refractivity contribution in [1.29, 1.82) is 0 Å². The summed E-state index contributed by atoms with van der Waals surface area (Å²) in [7, 11) is 0. The van der Waals surface area contributed by atoms with Crippen LogP contribution in [0.5, 0.6) is 0 Å². The lowest BCUT2D eigenvalue weighted by Crippen LogP contribution is -1.97. The molecule has 1 heteroatoms. The molecule has 0 amide bonds. The van der Waals surface area contributed by atoms with Crippen LogP contribution in [0.15, 0.2) is 103 Å². The van der Waals surface area contributed by atoms with Gasteiger partial charge in [-0.2, -0.15) is 0 Å². The molecule has 0 saturated carbocycles. The van der Waals surface area contributed by atoms with Crippen LogP contribution in [0.4, 0.5) is 0 Å². The van der Waals surface area contributed by atoms with E-state index < -0.39 is 5.89 Å². The molecule has 0 radical (unpaired) electrons. The first kappa shape index (κ1) is 15.1. The van der Waals surface area contributed by atoms with Crippen molar-refractivity contribution in [2.75, 3.05) is 0 Å². The van der Waals surface area contributed by atoms with Crippen LogP contribution in [0.1, 0.15) is 25.3 Å². The summed E-state index contributed by atoms with van der Waals surface area (Å²) in [5, 5.41) is 0. The molecule has 4 rings (SSSR count). The first-order valence-corrected chi connectivity index (χ1v) is 8.82. The fourth-order valence-corrected chi connectivity index (χ4v) is 3.14. The van der Waals surface area contributed by atoms with E-state index in [-0.39, 0.29) is 0 Å². The Balaban J connectivity index is 1.67. The molecular formula is C25H21N. The van der Waals surface area contributed by atoms with E-state index in [2.05, 4.69) is 41.4 Å². The number of pyridine rings is 1. The zero-order valence-corrected chi connectivity index (χ0v) is 14.8. The Morgan fingerprint density at radius 1 is 0.654 bits per heavy atom. The number of hydrogen-bond acceptors (Lipinski definition) is 1. The standard InChI is InChI=1S/C25H21N/c1-19(20-12-14-22(15-13-20)21-8-4-2-5-9-21)24-16-17-26-25(18-24)23-10-6-3-7-11-23/h2-19H,1H3/i19D. The minimum atomic E-state index is -0.846. The third kappa shape index (κ3) is 3.43. The Morgan fingerprint density at radius 2 is 1.23 bits per heavy atom. The quantitative estimate of drug-likeness (QED) is 0.411. The van der Waals surface area contributed by atoms with E-state index >= 15 is 0 Å². The van der Waals surface area contributed by atoms with Gasteiger partial charge in [0.15, 0.2) is 0 Å². The third-order valence-electron chi connectivity index (χ3n) is 4.69. The number of nitrogens with zero attached hydrogens (tertiary/aromatic N) is 1. The van der Waals surface area contributed by atoms with Crippen molar-refractivity contribution in [3.8, 4) is 22.4 Å². The van der Waals surface area contributed by atoms with Crippen LogP contribution in [0.25, 0.3) is 22.4 Å². The Kier molecular flexibility index (Phi) is 4.28. The number of hydrogen-bond donors (Lipinski definition) is 0. The van der Waals surface area contributed by atoms with Crippen molar-refractivity contribution < 1.29 is 1.37 Å². The van der Waals surface area contributed by atoms with Crippen LogP contribution in [0.3, 0.4) is 0 Å². The number of aromatic nitrogens is 1. The second kappa shape index (κ2) is 7.37. The lowest BCUT2D eigenvalue weighted by atomic mass is 9.91. The highest BCUT2D eigenvalue weighted by Crippen LogP contribution is 2.29. The largest absolute Gasteiger partial charge is 0.256 e. The summed E-state index contributed by atoms with van der Waals surface area (Å²) >= 11 is 0. The summed E-state index contributed by atoms with van der Waals surface area (Å²) in [4.78, 5) is 4.49. The molecule has 1 heterocycles. The summed E-state index contributed by atoms with van der Waals surface area (Å²) in [6.45, 7) is 1.94. The van der Waals surface area contributed by atoms with Gasteiger partial charge in [-0.15, -0.1) is 0 Å². The maximum atomic E-state index is 9.01. The molecule has 1 nitrogen and oxygen atoms in total. The summed E-state index contributed by atoms with van der Waals surface area (Å²) in [5.41, 5.74) is 6.21. The molecule has 0 N–H and O–H groups in total. The maximum Gasteiger partial charge on any atom is 0.0704 e. The molecule has 0 saturated heterocycles. The van der Waals surface area contributed by atoms with Crippen molar-refractivity contribution in [2.24, 2.45) is 0 Å². The van der Waals surface area contributed by atoms with E-state index in [1.54, 1.807) is 6.20 Å². The van der Waals surface area contributed by atoms with Crippen LogP contribution in [0, 0.1) is 0 Å². The molecule has 0 aliphatic carbocycles. The first-order chi connectivity index (χ1) is 13.1. The molecule has 0 fully saturated rings. The van der Waals surface area contributed by atoms with Crippen molar-refractivity contribution in [3.05, 3.63) is 114 Å². The van der Waals surface area contributed by atoms with E-state index in [1.165, 1.54) is 5.56 Å².